The van der Waals surface area contributed by atoms with E-state index in [2.05, 4.69) is 11.8 Å². The van der Waals surface area contributed by atoms with E-state index in [4.69, 9.17) is 10.3 Å². The number of carbonyl (C=O) groups is 3. The monoisotopic (exact) mass is 543 g/mol. The van der Waals surface area contributed by atoms with Gasteiger partial charge < -0.3 is 14.9 Å². The molecule has 0 radical (unpaired) electrons. The maximum atomic E-state index is 12.8. The minimum Gasteiger partial charge on any atom is -0.395 e. The van der Waals surface area contributed by atoms with Crippen LogP contribution >= 0.6 is 0 Å². The molecule has 3 heterocycles. The van der Waals surface area contributed by atoms with E-state index < -0.39 is 20.5 Å². The number of β-amino-alcohol motifs (C(OH)–C–C–N with tert-alkyl or cyclic N) is 1. The number of amides is 4. The van der Waals surface area contributed by atoms with Crippen LogP contribution < -0.4 is 10.4 Å². The molecule has 4 amide bonds. The Labute approximate surface area is 220 Å². The number of hydrogen-bond acceptors (Lipinski definition) is 7. The van der Waals surface area contributed by atoms with Gasteiger partial charge in [-0.15, -0.1) is 0 Å². The predicted octanol–water partition coefficient (Wildman–Crippen LogP) is 0.605. The van der Waals surface area contributed by atoms with E-state index in [0.29, 0.717) is 30.9 Å². The van der Waals surface area contributed by atoms with Crippen LogP contribution in [0.4, 0.5) is 15.3 Å². The number of carbonyl (C=O) groups excluding carboxylic acids is 3. The van der Waals surface area contributed by atoms with Gasteiger partial charge in [0.15, 0.2) is 14.6 Å². The van der Waals surface area contributed by atoms with Gasteiger partial charge in [0.05, 0.1) is 13.2 Å². The number of urea groups is 1. The van der Waals surface area contributed by atoms with Crippen LogP contribution in [0, 0.1) is 11.8 Å². The summed E-state index contributed by atoms with van der Waals surface area (Å²) in [6.45, 7) is 2.78. The van der Waals surface area contributed by atoms with Gasteiger partial charge in [-0.25, -0.2) is 23.5 Å². The molecule has 4 rings (SSSR count). The highest BCUT2D eigenvalue weighted by Gasteiger charge is 2.44. The zero-order chi connectivity index (χ0) is 27.7. The van der Waals surface area contributed by atoms with Gasteiger partial charge in [-0.1, -0.05) is 11.8 Å². The number of fused-ring (bicyclic) bond motifs is 1. The Kier molecular flexibility index (Phi) is 7.50. The molecule has 12 nitrogen and oxygen atoms in total. The van der Waals surface area contributed by atoms with Gasteiger partial charge in [0.1, 0.15) is 0 Å². The van der Waals surface area contributed by atoms with Gasteiger partial charge in [0, 0.05) is 61.1 Å². The summed E-state index contributed by atoms with van der Waals surface area (Å²) in [7, 11) is -3.86. The van der Waals surface area contributed by atoms with Crippen molar-refractivity contribution in [1.29, 1.82) is 0 Å². The predicted molar refractivity (Wildman–Crippen MR) is 137 cm³/mol. The average molecular weight is 544 g/mol. The molecule has 0 bridgehead atoms. The molecule has 2 aliphatic heterocycles. The molecule has 202 valence electrons. The van der Waals surface area contributed by atoms with Crippen molar-refractivity contribution in [2.75, 3.05) is 43.9 Å². The quantitative estimate of drug-likeness (QED) is 0.251. The summed E-state index contributed by atoms with van der Waals surface area (Å²) in [5.41, 5.74) is 4.19. The van der Waals surface area contributed by atoms with Crippen LogP contribution in [0.25, 0.3) is 0 Å². The number of benzene rings is 1. The molecule has 2 aromatic rings. The van der Waals surface area contributed by atoms with E-state index in [1.165, 1.54) is 21.9 Å². The van der Waals surface area contributed by atoms with Crippen molar-refractivity contribution >= 4 is 33.5 Å². The number of anilines is 1. The molecule has 1 aromatic carbocycles. The van der Waals surface area contributed by atoms with E-state index in [9.17, 15) is 22.8 Å². The Hall–Kier alpha value is -3.86. The molecule has 1 saturated heterocycles. The summed E-state index contributed by atoms with van der Waals surface area (Å²) < 4.78 is 23.9. The number of nitrogens with one attached hydrogen (secondary N) is 1. The highest BCUT2D eigenvalue weighted by Crippen LogP contribution is 2.26. The molecular weight excluding hydrogens is 514 g/mol. The first kappa shape index (κ1) is 27.2. The molecule has 1 fully saturated rings. The number of sulfone groups is 1. The third-order valence-corrected chi connectivity index (χ3v) is 9.01. The first-order chi connectivity index (χ1) is 18.0. The lowest BCUT2D eigenvalue weighted by Crippen LogP contribution is -2.50. The van der Waals surface area contributed by atoms with E-state index in [-0.39, 0.29) is 38.2 Å². The largest absolute Gasteiger partial charge is 0.395 e. The summed E-state index contributed by atoms with van der Waals surface area (Å²) in [5.74, 6) is 5.02. The van der Waals surface area contributed by atoms with Gasteiger partial charge in [-0.3, -0.25) is 19.5 Å². The Bertz CT molecular complexity index is 1420. The van der Waals surface area contributed by atoms with Crippen molar-refractivity contribution in [3.8, 4) is 11.8 Å². The Morgan fingerprint density at radius 2 is 1.74 bits per heavy atom. The second-order valence-corrected chi connectivity index (χ2v) is 11.9. The first-order valence-electron chi connectivity index (χ1n) is 11.9. The average Bonchev–Trinajstić information content (AvgIpc) is 3.54. The lowest BCUT2D eigenvalue weighted by molar-refractivity contribution is -0.131. The zero-order valence-corrected chi connectivity index (χ0v) is 21.9. The maximum Gasteiger partial charge on any atom is 0.328 e. The van der Waals surface area contributed by atoms with E-state index in [1.807, 2.05) is 24.3 Å². The molecular formula is C25H29N5O7S. The number of aromatic nitrogens is 1. The lowest BCUT2D eigenvalue weighted by atomic mass is 10.1. The fourth-order valence-electron chi connectivity index (χ4n) is 4.42. The number of aliphatic hydroxyl groups is 1. The van der Waals surface area contributed by atoms with Crippen LogP contribution in [0.1, 0.15) is 30.2 Å². The smallest absolute Gasteiger partial charge is 0.328 e. The summed E-state index contributed by atoms with van der Waals surface area (Å²) in [6.07, 6.45) is 2.34. The molecule has 1 unspecified atom stereocenters. The van der Waals surface area contributed by atoms with Crippen molar-refractivity contribution in [3.05, 3.63) is 53.3 Å². The SMILES string of the molecule is CC(CCN1Cc2cc(C#Cc3ccc(N4CCN(CCO)C4=O)cc3)cn2C1=O)(C(=O)NO)S(C)(=O)=O. The summed E-state index contributed by atoms with van der Waals surface area (Å²) in [6, 6.07) is 8.51. The van der Waals surface area contributed by atoms with Crippen LogP contribution in [-0.2, 0) is 21.2 Å². The Morgan fingerprint density at radius 3 is 2.34 bits per heavy atom. The Balaban J connectivity index is 1.39. The second-order valence-electron chi connectivity index (χ2n) is 9.43. The topological polar surface area (TPSA) is 152 Å². The lowest BCUT2D eigenvalue weighted by Gasteiger charge is -2.27. The van der Waals surface area contributed by atoms with E-state index in [1.54, 1.807) is 22.1 Å². The second kappa shape index (κ2) is 10.5. The van der Waals surface area contributed by atoms with Crippen molar-refractivity contribution in [3.63, 3.8) is 0 Å². The van der Waals surface area contributed by atoms with Crippen molar-refractivity contribution in [2.24, 2.45) is 0 Å². The van der Waals surface area contributed by atoms with Gasteiger partial charge in [-0.05, 0) is 43.7 Å². The molecule has 38 heavy (non-hydrogen) atoms. The zero-order valence-electron chi connectivity index (χ0n) is 21.0. The molecule has 3 N–H and O–H groups in total. The summed E-state index contributed by atoms with van der Waals surface area (Å²) >= 11 is 0. The molecule has 13 heteroatoms. The molecule has 2 aliphatic rings. The van der Waals surface area contributed by atoms with Gasteiger partial charge in [0.25, 0.3) is 5.91 Å². The molecule has 0 aliphatic carbocycles. The van der Waals surface area contributed by atoms with Crippen LogP contribution in [0.15, 0.2) is 36.5 Å². The van der Waals surface area contributed by atoms with Crippen LogP contribution in [0.3, 0.4) is 0 Å². The molecule has 0 saturated carbocycles. The third-order valence-electron chi connectivity index (χ3n) is 6.98. The number of aliphatic hydroxyl groups excluding tert-OH is 1. The standard InChI is InChI=1S/C25H29N5O7S/c1-25(22(32)26-35,38(2,36)37)9-10-28-17-21-15-19(16-30(21)24(28)34)4-3-18-5-7-20(8-6-18)29-12-11-27(13-14-31)23(29)33/h5-8,15-16,31,35H,9-14,17H2,1-2H3,(H,26,32). The van der Waals surface area contributed by atoms with Gasteiger partial charge >= 0.3 is 12.1 Å². The minimum atomic E-state index is -3.86. The molecule has 1 aromatic heterocycles. The summed E-state index contributed by atoms with van der Waals surface area (Å²) in [4.78, 5) is 41.9. The highest BCUT2D eigenvalue weighted by molar-refractivity contribution is 7.92. The van der Waals surface area contributed by atoms with E-state index in [0.717, 1.165) is 17.5 Å². The van der Waals surface area contributed by atoms with Crippen LogP contribution in [0.5, 0.6) is 0 Å². The molecule has 1 atom stereocenters. The van der Waals surface area contributed by atoms with Crippen molar-refractivity contribution < 1.29 is 33.1 Å². The van der Waals surface area contributed by atoms with Crippen molar-refractivity contribution in [1.82, 2.24) is 19.8 Å². The summed E-state index contributed by atoms with van der Waals surface area (Å²) in [5, 5.41) is 18.0. The third kappa shape index (κ3) is 5.10. The van der Waals surface area contributed by atoms with Gasteiger partial charge in [-0.2, -0.15) is 0 Å². The number of hydroxylamine groups is 1. The highest BCUT2D eigenvalue weighted by atomic mass is 32.2. The normalized spacial score (nSPS) is 16.8. The first-order valence-corrected chi connectivity index (χ1v) is 13.8. The molecule has 0 spiro atoms. The van der Waals surface area contributed by atoms with Gasteiger partial charge in [0.2, 0.25) is 0 Å². The Morgan fingerprint density at radius 1 is 1.05 bits per heavy atom. The van der Waals surface area contributed by atoms with Crippen LogP contribution in [0.2, 0.25) is 0 Å². The number of hydrogen-bond donors (Lipinski definition) is 3. The fraction of sp³-hybridized carbons (Fsp3) is 0.400. The van der Waals surface area contributed by atoms with Crippen LogP contribution in [-0.4, -0.2) is 94.9 Å². The number of nitrogens with zero attached hydrogens (tertiary/aromatic N) is 4. The van der Waals surface area contributed by atoms with Crippen molar-refractivity contribution in [2.45, 2.75) is 24.6 Å². The fourth-order valence-corrected chi connectivity index (χ4v) is 5.26. The maximum absolute atomic E-state index is 12.8. The number of rotatable bonds is 8. The van der Waals surface area contributed by atoms with E-state index >= 15 is 0 Å². The minimum absolute atomic E-state index is 0.00213.